The number of ketones is 1. The van der Waals surface area contributed by atoms with Gasteiger partial charge in [0.1, 0.15) is 23.4 Å². The molecule has 4 N–H and O–H groups in total. The van der Waals surface area contributed by atoms with Crippen molar-refractivity contribution in [3.63, 3.8) is 0 Å². The maximum atomic E-state index is 14.1. The molecule has 1 aliphatic carbocycles. The van der Waals surface area contributed by atoms with Crippen LogP contribution in [0.5, 0.6) is 0 Å². The van der Waals surface area contributed by atoms with Gasteiger partial charge in [0, 0.05) is 0 Å². The zero-order chi connectivity index (χ0) is 29.7. The number of nitrogens with two attached hydrogens (primary N) is 1. The quantitative estimate of drug-likeness (QED) is 0.231. The van der Waals surface area contributed by atoms with Gasteiger partial charge in [0.25, 0.3) is 5.91 Å². The Balaban J connectivity index is 1.93. The van der Waals surface area contributed by atoms with Gasteiger partial charge >= 0.3 is 6.18 Å². The number of amides is 2. The minimum absolute atomic E-state index is 0.142. The Labute approximate surface area is 229 Å². The molecule has 1 aliphatic rings. The van der Waals surface area contributed by atoms with Gasteiger partial charge in [0.05, 0.1) is 11.5 Å². The minimum atomic E-state index is -5.00. The highest BCUT2D eigenvalue weighted by Gasteiger charge is 2.46. The van der Waals surface area contributed by atoms with E-state index in [2.05, 4.69) is 10.6 Å². The van der Waals surface area contributed by atoms with E-state index in [9.17, 15) is 40.4 Å². The average molecular weight is 586 g/mol. The monoisotopic (exact) mass is 585 g/mol. The third kappa shape index (κ3) is 8.85. The second kappa shape index (κ2) is 12.5. The first-order valence-corrected chi connectivity index (χ1v) is 14.4. The van der Waals surface area contributed by atoms with Gasteiger partial charge in [-0.3, -0.25) is 19.7 Å². The van der Waals surface area contributed by atoms with Crippen molar-refractivity contribution >= 4 is 27.4 Å². The number of nitrogens with one attached hydrogen (secondary N) is 2. The van der Waals surface area contributed by atoms with Gasteiger partial charge in [0.15, 0.2) is 9.84 Å². The maximum absolute atomic E-state index is 14.1. The summed E-state index contributed by atoms with van der Waals surface area (Å²) in [7, 11) is -4.02. The topological polar surface area (TPSA) is 135 Å². The number of primary amides is 1. The predicted octanol–water partition coefficient (Wildman–Crippen LogP) is 2.77. The van der Waals surface area contributed by atoms with Crippen LogP contribution in [0.15, 0.2) is 54.6 Å². The van der Waals surface area contributed by atoms with Gasteiger partial charge in [-0.1, -0.05) is 42.5 Å². The van der Waals surface area contributed by atoms with Crippen LogP contribution in [0.1, 0.15) is 43.4 Å². The third-order valence-corrected chi connectivity index (χ3v) is 8.52. The maximum Gasteiger partial charge on any atom is 0.407 e. The molecule has 2 aromatic carbocycles. The zero-order valence-electron chi connectivity index (χ0n) is 21.7. The lowest BCUT2D eigenvalue weighted by Gasteiger charge is -2.32. The lowest BCUT2D eigenvalue weighted by atomic mass is 9.88. The van der Waals surface area contributed by atoms with Gasteiger partial charge in [0.2, 0.25) is 11.7 Å². The third-order valence-electron chi connectivity index (χ3n) is 6.70. The number of benzene rings is 2. The molecule has 0 spiro atoms. The van der Waals surface area contributed by atoms with E-state index in [1.165, 1.54) is 6.92 Å². The highest BCUT2D eigenvalue weighted by atomic mass is 32.2. The Bertz CT molecular complexity index is 1320. The summed E-state index contributed by atoms with van der Waals surface area (Å²) in [6, 6.07) is 7.54. The van der Waals surface area contributed by atoms with Crippen molar-refractivity contribution in [1.82, 2.24) is 10.6 Å². The van der Waals surface area contributed by atoms with E-state index in [0.717, 1.165) is 29.8 Å². The van der Waals surface area contributed by atoms with Crippen molar-refractivity contribution < 1.29 is 40.4 Å². The summed E-state index contributed by atoms with van der Waals surface area (Å²) in [5.74, 6) is -6.04. The van der Waals surface area contributed by atoms with E-state index in [1.54, 1.807) is 30.3 Å². The average Bonchev–Trinajstić information content (AvgIpc) is 3.68. The Morgan fingerprint density at radius 2 is 1.62 bits per heavy atom. The number of rotatable bonds is 14. The number of carbonyl (C=O) groups is 3. The molecular weight excluding hydrogens is 554 g/mol. The number of sulfone groups is 1. The Kier molecular flexibility index (Phi) is 9.72. The van der Waals surface area contributed by atoms with Crippen molar-refractivity contribution in [3.05, 3.63) is 71.5 Å². The number of halogens is 4. The standard InChI is InChI=1S/C27H31F4N3O5S/c1-26(23(35)24(32)36,14-13-17-5-3-2-4-6-17)34-25(37)21(16-40(38,39)15-18-7-8-18)33-22(27(29,30)31)19-9-11-20(28)12-10-19/h2-6,9-12,18,21-22,33H,7-8,13-16H2,1H3,(H2,32,36)(H,34,37). The molecule has 3 unspecified atom stereocenters. The largest absolute Gasteiger partial charge is 0.407 e. The molecule has 0 bridgehead atoms. The lowest BCUT2D eigenvalue weighted by molar-refractivity contribution is -0.160. The number of aryl methyl sites for hydroxylation is 1. The molecule has 0 heterocycles. The van der Waals surface area contributed by atoms with E-state index in [1.807, 2.05) is 0 Å². The molecule has 0 aromatic heterocycles. The summed E-state index contributed by atoms with van der Waals surface area (Å²) in [5.41, 5.74) is 3.55. The van der Waals surface area contributed by atoms with Gasteiger partial charge < -0.3 is 11.1 Å². The van der Waals surface area contributed by atoms with Crippen LogP contribution in [0.25, 0.3) is 0 Å². The summed E-state index contributed by atoms with van der Waals surface area (Å²) in [6.07, 6.45) is -3.66. The molecule has 13 heteroatoms. The van der Waals surface area contributed by atoms with Crippen molar-refractivity contribution in [1.29, 1.82) is 0 Å². The summed E-state index contributed by atoms with van der Waals surface area (Å²) < 4.78 is 81.4. The fourth-order valence-electron chi connectivity index (χ4n) is 4.30. The number of alkyl halides is 3. The van der Waals surface area contributed by atoms with Crippen LogP contribution in [0.4, 0.5) is 17.6 Å². The molecule has 218 valence electrons. The van der Waals surface area contributed by atoms with Gasteiger partial charge in [-0.2, -0.15) is 13.2 Å². The van der Waals surface area contributed by atoms with Gasteiger partial charge in [-0.05, 0) is 61.8 Å². The number of Topliss-reactive ketones (excluding diaryl/α,β-unsaturated/α-hetero) is 1. The second-order valence-corrected chi connectivity index (χ2v) is 12.4. The Morgan fingerprint density at radius 1 is 1.02 bits per heavy atom. The van der Waals surface area contributed by atoms with Crippen molar-refractivity contribution in [2.24, 2.45) is 11.7 Å². The molecule has 3 atom stereocenters. The summed E-state index contributed by atoms with van der Waals surface area (Å²) >= 11 is 0. The van der Waals surface area contributed by atoms with E-state index in [4.69, 9.17) is 5.73 Å². The highest BCUT2D eigenvalue weighted by Crippen LogP contribution is 2.34. The second-order valence-electron chi connectivity index (χ2n) is 10.3. The molecule has 0 saturated heterocycles. The smallest absolute Gasteiger partial charge is 0.363 e. The lowest BCUT2D eigenvalue weighted by Crippen LogP contribution is -2.61. The molecule has 3 rings (SSSR count). The van der Waals surface area contributed by atoms with Crippen LogP contribution in [0.3, 0.4) is 0 Å². The summed E-state index contributed by atoms with van der Waals surface area (Å²) in [5, 5.41) is 4.39. The molecule has 1 fully saturated rings. The van der Waals surface area contributed by atoms with Crippen molar-refractivity contribution in [2.45, 2.75) is 56.4 Å². The molecule has 2 aromatic rings. The van der Waals surface area contributed by atoms with Crippen LogP contribution in [0.2, 0.25) is 0 Å². The fourth-order valence-corrected chi connectivity index (χ4v) is 6.25. The molecule has 0 aliphatic heterocycles. The van der Waals surface area contributed by atoms with Crippen LogP contribution in [0, 0.1) is 11.7 Å². The van der Waals surface area contributed by atoms with Gasteiger partial charge in [-0.15, -0.1) is 0 Å². The fraction of sp³-hybridized carbons (Fsp3) is 0.444. The first kappa shape index (κ1) is 31.2. The Hall–Kier alpha value is -3.32. The first-order valence-electron chi connectivity index (χ1n) is 12.6. The summed E-state index contributed by atoms with van der Waals surface area (Å²) in [4.78, 5) is 38.0. The number of carbonyl (C=O) groups excluding carboxylic acids is 3. The van der Waals surface area contributed by atoms with E-state index in [0.29, 0.717) is 12.8 Å². The van der Waals surface area contributed by atoms with Crippen LogP contribution >= 0.6 is 0 Å². The predicted molar refractivity (Wildman–Crippen MR) is 139 cm³/mol. The van der Waals surface area contributed by atoms with Crippen LogP contribution < -0.4 is 16.4 Å². The molecule has 2 amide bonds. The van der Waals surface area contributed by atoms with Gasteiger partial charge in [-0.25, -0.2) is 12.8 Å². The van der Waals surface area contributed by atoms with Crippen LogP contribution in [-0.2, 0) is 30.6 Å². The zero-order valence-corrected chi connectivity index (χ0v) is 22.5. The van der Waals surface area contributed by atoms with E-state index < -0.39 is 68.4 Å². The van der Waals surface area contributed by atoms with Crippen molar-refractivity contribution in [3.8, 4) is 0 Å². The molecule has 8 nitrogen and oxygen atoms in total. The first-order chi connectivity index (χ1) is 18.6. The molecule has 40 heavy (non-hydrogen) atoms. The SMILES string of the molecule is CC(CCc1ccccc1)(NC(=O)C(CS(=O)(=O)CC1CC1)NC(c1ccc(F)cc1)C(F)(F)F)C(=O)C(N)=O. The van der Waals surface area contributed by atoms with E-state index >= 15 is 0 Å². The molecular formula is C27H31F4N3O5S. The molecule has 0 radical (unpaired) electrons. The molecule has 1 saturated carbocycles. The minimum Gasteiger partial charge on any atom is -0.363 e. The number of hydrogen-bond donors (Lipinski definition) is 3. The van der Waals surface area contributed by atoms with E-state index in [-0.39, 0.29) is 24.5 Å². The normalized spacial score (nSPS) is 16.9. The van der Waals surface area contributed by atoms with Crippen molar-refractivity contribution in [2.75, 3.05) is 11.5 Å². The highest BCUT2D eigenvalue weighted by molar-refractivity contribution is 7.91. The Morgan fingerprint density at radius 3 is 2.15 bits per heavy atom. The summed E-state index contributed by atoms with van der Waals surface area (Å²) in [6.45, 7) is 1.21. The number of hydrogen-bond acceptors (Lipinski definition) is 6. The van der Waals surface area contributed by atoms with Crippen LogP contribution in [-0.4, -0.2) is 55.3 Å².